The molecule has 2 rings (SSSR count). The topological polar surface area (TPSA) is 66.4 Å². The summed E-state index contributed by atoms with van der Waals surface area (Å²) in [5.74, 6) is -2.19. The van der Waals surface area contributed by atoms with Crippen molar-refractivity contribution >= 4 is 29.2 Å². The van der Waals surface area contributed by atoms with Crippen LogP contribution in [0.1, 0.15) is 24.8 Å². The zero-order valence-electron chi connectivity index (χ0n) is 10.6. The van der Waals surface area contributed by atoms with Crippen LogP contribution in [0.5, 0.6) is 0 Å². The lowest BCUT2D eigenvalue weighted by Gasteiger charge is -2.16. The number of hydrogen-bond donors (Lipinski definition) is 2. The van der Waals surface area contributed by atoms with E-state index in [4.69, 9.17) is 16.7 Å². The minimum absolute atomic E-state index is 0.254. The fourth-order valence-electron chi connectivity index (χ4n) is 2.52. The van der Waals surface area contributed by atoms with Gasteiger partial charge in [-0.1, -0.05) is 24.1 Å². The maximum atomic E-state index is 12.1. The van der Waals surface area contributed by atoms with Gasteiger partial charge in [-0.15, -0.1) is 0 Å². The third-order valence-electron chi connectivity index (χ3n) is 3.55. The fourth-order valence-corrected chi connectivity index (χ4v) is 2.80. The van der Waals surface area contributed by atoms with Crippen LogP contribution in [-0.2, 0) is 9.59 Å². The van der Waals surface area contributed by atoms with Gasteiger partial charge in [0.05, 0.1) is 22.5 Å². The van der Waals surface area contributed by atoms with Gasteiger partial charge in [0.25, 0.3) is 0 Å². The number of carboxylic acid groups (broad SMARTS) is 1. The van der Waals surface area contributed by atoms with E-state index in [-0.39, 0.29) is 5.91 Å². The van der Waals surface area contributed by atoms with Gasteiger partial charge in [0, 0.05) is 0 Å². The molecular formula is C14H16ClNO3. The molecule has 0 heterocycles. The molecular weight excluding hydrogens is 266 g/mol. The Kier molecular flexibility index (Phi) is 4.10. The normalized spacial score (nSPS) is 22.2. The van der Waals surface area contributed by atoms with E-state index in [0.717, 1.165) is 12.0 Å². The molecule has 4 nitrogen and oxygen atoms in total. The Labute approximate surface area is 116 Å². The number of halogens is 1. The summed E-state index contributed by atoms with van der Waals surface area (Å²) in [6.07, 6.45) is 1.96. The molecule has 1 aromatic rings. The first kappa shape index (κ1) is 13.9. The molecule has 1 saturated carbocycles. The minimum Gasteiger partial charge on any atom is -0.481 e. The average Bonchev–Trinajstić information content (AvgIpc) is 2.82. The first-order chi connectivity index (χ1) is 8.99. The van der Waals surface area contributed by atoms with E-state index in [2.05, 4.69) is 5.32 Å². The molecule has 102 valence electrons. The molecule has 0 saturated heterocycles. The third kappa shape index (κ3) is 3.07. The van der Waals surface area contributed by atoms with Crippen molar-refractivity contribution in [2.45, 2.75) is 26.2 Å². The molecule has 0 aromatic heterocycles. The Morgan fingerprint density at radius 2 is 2.00 bits per heavy atom. The molecule has 0 aliphatic heterocycles. The van der Waals surface area contributed by atoms with Crippen LogP contribution in [0.15, 0.2) is 18.2 Å². The van der Waals surface area contributed by atoms with Gasteiger partial charge in [-0.3, -0.25) is 9.59 Å². The predicted octanol–water partition coefficient (Wildman–Crippen LogP) is 3.09. The summed E-state index contributed by atoms with van der Waals surface area (Å²) in [6.45, 7) is 1.91. The quantitative estimate of drug-likeness (QED) is 0.895. The van der Waals surface area contributed by atoms with Gasteiger partial charge in [-0.2, -0.15) is 0 Å². The molecule has 2 unspecified atom stereocenters. The van der Waals surface area contributed by atoms with Gasteiger partial charge in [-0.05, 0) is 37.5 Å². The molecule has 1 aliphatic carbocycles. The predicted molar refractivity (Wildman–Crippen MR) is 73.3 cm³/mol. The molecule has 5 heteroatoms. The summed E-state index contributed by atoms with van der Waals surface area (Å²) in [4.78, 5) is 23.2. The number of carboxylic acids is 1. The molecule has 0 spiro atoms. The molecule has 2 N–H and O–H groups in total. The summed E-state index contributed by atoms with van der Waals surface area (Å²) in [5.41, 5.74) is 1.54. The van der Waals surface area contributed by atoms with E-state index in [9.17, 15) is 9.59 Å². The number of benzene rings is 1. The van der Waals surface area contributed by atoms with Crippen molar-refractivity contribution in [3.8, 4) is 0 Å². The van der Waals surface area contributed by atoms with E-state index >= 15 is 0 Å². The second-order valence-electron chi connectivity index (χ2n) is 4.95. The van der Waals surface area contributed by atoms with E-state index in [0.29, 0.717) is 23.6 Å². The van der Waals surface area contributed by atoms with Crippen molar-refractivity contribution in [1.29, 1.82) is 0 Å². The van der Waals surface area contributed by atoms with Gasteiger partial charge in [0.2, 0.25) is 5.91 Å². The van der Waals surface area contributed by atoms with Crippen molar-refractivity contribution in [2.24, 2.45) is 11.8 Å². The van der Waals surface area contributed by atoms with E-state index in [1.54, 1.807) is 12.1 Å². The molecule has 1 aromatic carbocycles. The SMILES string of the molecule is Cc1ccc(NC(=O)C2CCCC2C(=O)O)c(Cl)c1. The van der Waals surface area contributed by atoms with Crippen molar-refractivity contribution < 1.29 is 14.7 Å². The number of carbonyl (C=O) groups is 2. The van der Waals surface area contributed by atoms with Crippen LogP contribution >= 0.6 is 11.6 Å². The molecule has 2 atom stereocenters. The summed E-state index contributed by atoms with van der Waals surface area (Å²) >= 11 is 6.05. The molecule has 0 radical (unpaired) electrons. The highest BCUT2D eigenvalue weighted by Crippen LogP contribution is 2.33. The van der Waals surface area contributed by atoms with Crippen molar-refractivity contribution in [3.63, 3.8) is 0 Å². The first-order valence-electron chi connectivity index (χ1n) is 6.29. The maximum absolute atomic E-state index is 12.1. The summed E-state index contributed by atoms with van der Waals surface area (Å²) in [6, 6.07) is 5.35. The van der Waals surface area contributed by atoms with Crippen molar-refractivity contribution in [2.75, 3.05) is 5.32 Å². The van der Waals surface area contributed by atoms with Gasteiger partial charge in [-0.25, -0.2) is 0 Å². The number of rotatable bonds is 3. The van der Waals surface area contributed by atoms with Crippen LogP contribution in [0.25, 0.3) is 0 Å². The lowest BCUT2D eigenvalue weighted by atomic mass is 9.95. The van der Waals surface area contributed by atoms with Crippen LogP contribution in [-0.4, -0.2) is 17.0 Å². The van der Waals surface area contributed by atoms with E-state index in [1.807, 2.05) is 13.0 Å². The van der Waals surface area contributed by atoms with E-state index in [1.165, 1.54) is 0 Å². The smallest absolute Gasteiger partial charge is 0.307 e. The van der Waals surface area contributed by atoms with Crippen LogP contribution in [0.4, 0.5) is 5.69 Å². The number of carbonyl (C=O) groups excluding carboxylic acids is 1. The summed E-state index contributed by atoms with van der Waals surface area (Å²) < 4.78 is 0. The molecule has 0 bridgehead atoms. The minimum atomic E-state index is -0.896. The Hall–Kier alpha value is -1.55. The second-order valence-corrected chi connectivity index (χ2v) is 5.36. The fraction of sp³-hybridized carbons (Fsp3) is 0.429. The van der Waals surface area contributed by atoms with Gasteiger partial charge in [0.1, 0.15) is 0 Å². The number of aliphatic carboxylic acids is 1. The highest BCUT2D eigenvalue weighted by molar-refractivity contribution is 6.33. The van der Waals surface area contributed by atoms with E-state index < -0.39 is 17.8 Å². The zero-order valence-corrected chi connectivity index (χ0v) is 11.4. The lowest BCUT2D eigenvalue weighted by molar-refractivity contribution is -0.145. The summed E-state index contributed by atoms with van der Waals surface area (Å²) in [7, 11) is 0. The highest BCUT2D eigenvalue weighted by atomic mass is 35.5. The lowest BCUT2D eigenvalue weighted by Crippen LogP contribution is -2.30. The molecule has 19 heavy (non-hydrogen) atoms. The van der Waals surface area contributed by atoms with Gasteiger partial charge < -0.3 is 10.4 Å². The Balaban J connectivity index is 2.10. The van der Waals surface area contributed by atoms with Crippen molar-refractivity contribution in [3.05, 3.63) is 28.8 Å². The van der Waals surface area contributed by atoms with Crippen molar-refractivity contribution in [1.82, 2.24) is 0 Å². The number of nitrogens with one attached hydrogen (secondary N) is 1. The molecule has 1 amide bonds. The van der Waals surface area contributed by atoms with Crippen LogP contribution in [0, 0.1) is 18.8 Å². The summed E-state index contributed by atoms with van der Waals surface area (Å²) in [5, 5.41) is 12.3. The standard InChI is InChI=1S/C14H16ClNO3/c1-8-5-6-12(11(15)7-8)16-13(17)9-3-2-4-10(9)14(18)19/h5-7,9-10H,2-4H2,1H3,(H,16,17)(H,18,19). The second kappa shape index (κ2) is 5.61. The number of hydrogen-bond acceptors (Lipinski definition) is 2. The first-order valence-corrected chi connectivity index (χ1v) is 6.66. The number of aryl methyl sites for hydroxylation is 1. The van der Waals surface area contributed by atoms with Crippen LogP contribution < -0.4 is 5.32 Å². The van der Waals surface area contributed by atoms with Crippen LogP contribution in [0.3, 0.4) is 0 Å². The largest absolute Gasteiger partial charge is 0.481 e. The monoisotopic (exact) mass is 281 g/mol. The van der Waals surface area contributed by atoms with Gasteiger partial charge in [0.15, 0.2) is 0 Å². The van der Waals surface area contributed by atoms with Crippen LogP contribution in [0.2, 0.25) is 5.02 Å². The Morgan fingerprint density at radius 1 is 1.32 bits per heavy atom. The Morgan fingerprint density at radius 3 is 2.63 bits per heavy atom. The van der Waals surface area contributed by atoms with Gasteiger partial charge >= 0.3 is 5.97 Å². The molecule has 1 aliphatic rings. The number of anilines is 1. The zero-order chi connectivity index (χ0) is 14.0. The molecule has 1 fully saturated rings. The highest BCUT2D eigenvalue weighted by Gasteiger charge is 2.37. The average molecular weight is 282 g/mol. The third-order valence-corrected chi connectivity index (χ3v) is 3.87. The Bertz CT molecular complexity index is 515. The number of amides is 1. The maximum Gasteiger partial charge on any atom is 0.307 e.